The predicted octanol–water partition coefficient (Wildman–Crippen LogP) is 5.18. The standard InChI is InChI=1S/C45H64N4O6S2/c1-43(2)40(36-10-12-37(13-11-36)42(50)55-4)16-18-44(3)34-49(21-17-41(43)44)39-14-19-45(20-15-39,38-8-6-5-7-9-38)35-48(24-22-46-26-30-56(51,52)31-27-46)25-23-47-28-32-57(53,54)33-29-47/h5-13,16-17,39H,14-15,18-35H2,1-4H3/t39?,44-,45?/m1/s1. The third-order valence-electron chi connectivity index (χ3n) is 14.1. The summed E-state index contributed by atoms with van der Waals surface area (Å²) in [4.78, 5) is 22.0. The molecule has 0 bridgehead atoms. The minimum absolute atomic E-state index is 0.00278. The number of fused-ring (bicyclic) bond motifs is 1. The molecule has 2 saturated heterocycles. The first-order chi connectivity index (χ1) is 27.1. The van der Waals surface area contributed by atoms with Gasteiger partial charge in [0.1, 0.15) is 0 Å². The highest BCUT2D eigenvalue weighted by molar-refractivity contribution is 7.91. The van der Waals surface area contributed by atoms with E-state index >= 15 is 0 Å². The highest BCUT2D eigenvalue weighted by atomic mass is 32.2. The van der Waals surface area contributed by atoms with Crippen LogP contribution in [0.3, 0.4) is 0 Å². The van der Waals surface area contributed by atoms with Crippen molar-refractivity contribution in [2.24, 2.45) is 10.8 Å². The third-order valence-corrected chi connectivity index (χ3v) is 17.4. The number of esters is 1. The smallest absolute Gasteiger partial charge is 0.337 e. The predicted molar refractivity (Wildman–Crippen MR) is 229 cm³/mol. The summed E-state index contributed by atoms with van der Waals surface area (Å²) in [5, 5.41) is 0. The van der Waals surface area contributed by atoms with Gasteiger partial charge in [-0.15, -0.1) is 0 Å². The van der Waals surface area contributed by atoms with Gasteiger partial charge in [-0.2, -0.15) is 0 Å². The number of methoxy groups -OCH3 is 1. The minimum Gasteiger partial charge on any atom is -0.465 e. The lowest BCUT2D eigenvalue weighted by atomic mass is 9.58. The zero-order valence-corrected chi connectivity index (χ0v) is 36.3. The molecule has 1 atom stereocenters. The number of carbonyl (C=O) groups is 1. The first-order valence-corrected chi connectivity index (χ1v) is 24.7. The van der Waals surface area contributed by atoms with Crippen molar-refractivity contribution >= 4 is 31.2 Å². The van der Waals surface area contributed by atoms with E-state index in [1.54, 1.807) is 0 Å². The second-order valence-corrected chi connectivity index (χ2v) is 22.9. The van der Waals surface area contributed by atoms with Gasteiger partial charge in [0.2, 0.25) is 0 Å². The molecular weight excluding hydrogens is 757 g/mol. The van der Waals surface area contributed by atoms with E-state index in [0.29, 0.717) is 37.8 Å². The Morgan fingerprint density at radius 2 is 1.35 bits per heavy atom. The number of ether oxygens (including phenoxy) is 1. The van der Waals surface area contributed by atoms with Crippen molar-refractivity contribution in [2.45, 2.75) is 64.3 Å². The lowest BCUT2D eigenvalue weighted by molar-refractivity contribution is 0.0600. The molecule has 0 N–H and O–H groups in total. The number of sulfone groups is 2. The van der Waals surface area contributed by atoms with Crippen LogP contribution in [-0.4, -0.2) is 151 Å². The van der Waals surface area contributed by atoms with E-state index < -0.39 is 19.7 Å². The quantitative estimate of drug-likeness (QED) is 0.210. The van der Waals surface area contributed by atoms with Crippen LogP contribution in [0.4, 0.5) is 0 Å². The Hall–Kier alpha value is -2.87. The van der Waals surface area contributed by atoms with E-state index in [1.807, 2.05) is 12.1 Å². The number of hydrogen-bond donors (Lipinski definition) is 0. The van der Waals surface area contributed by atoms with Gasteiger partial charge in [0.05, 0.1) is 35.7 Å². The molecule has 57 heavy (non-hydrogen) atoms. The summed E-state index contributed by atoms with van der Waals surface area (Å²) < 4.78 is 53.6. The summed E-state index contributed by atoms with van der Waals surface area (Å²) in [7, 11) is -4.47. The average Bonchev–Trinajstić information content (AvgIpc) is 3.20. The Labute approximate surface area is 342 Å². The molecule has 2 aromatic rings. The molecule has 2 aromatic carbocycles. The molecule has 3 fully saturated rings. The molecule has 0 aromatic heterocycles. The largest absolute Gasteiger partial charge is 0.465 e. The van der Waals surface area contributed by atoms with Crippen molar-refractivity contribution in [1.29, 1.82) is 0 Å². The van der Waals surface area contributed by atoms with Crippen LogP contribution in [0.2, 0.25) is 0 Å². The van der Waals surface area contributed by atoms with Gasteiger partial charge in [0, 0.05) is 94.3 Å². The minimum atomic E-state index is -2.94. The Bertz CT molecular complexity index is 1950. The Morgan fingerprint density at radius 1 is 0.789 bits per heavy atom. The molecule has 7 rings (SSSR count). The average molecular weight is 821 g/mol. The van der Waals surface area contributed by atoms with Crippen molar-refractivity contribution in [3.05, 3.63) is 89.0 Å². The SMILES string of the molecule is COC(=O)c1ccc(C2=CC[C@]3(C)CN(C4CCC(CN(CCN5CCS(=O)(=O)CC5)CCN5CCS(=O)(=O)CC5)(c5ccccc5)CC4)CC=C3C2(C)C)cc1. The molecule has 12 heteroatoms. The summed E-state index contributed by atoms with van der Waals surface area (Å²) in [5.74, 6) is 0.622. The van der Waals surface area contributed by atoms with Crippen LogP contribution in [0.5, 0.6) is 0 Å². The van der Waals surface area contributed by atoms with Crippen molar-refractivity contribution in [3.8, 4) is 0 Å². The maximum Gasteiger partial charge on any atom is 0.337 e. The highest BCUT2D eigenvalue weighted by Crippen LogP contribution is 2.56. The van der Waals surface area contributed by atoms with Crippen molar-refractivity contribution < 1.29 is 26.4 Å². The topological polar surface area (TPSA) is 108 Å². The molecule has 1 saturated carbocycles. The summed E-state index contributed by atoms with van der Waals surface area (Å²) in [6.07, 6.45) is 10.4. The number of carbonyl (C=O) groups excluding carboxylic acids is 1. The zero-order chi connectivity index (χ0) is 40.5. The van der Waals surface area contributed by atoms with Crippen molar-refractivity contribution in [1.82, 2.24) is 19.6 Å². The van der Waals surface area contributed by atoms with Crippen LogP contribution in [0.1, 0.15) is 74.4 Å². The van der Waals surface area contributed by atoms with Crippen LogP contribution in [0, 0.1) is 10.8 Å². The first-order valence-electron chi connectivity index (χ1n) is 21.1. The maximum atomic E-state index is 12.2. The molecule has 5 aliphatic rings. The second kappa shape index (κ2) is 17.0. The molecule has 2 aliphatic carbocycles. The number of benzene rings is 2. The van der Waals surface area contributed by atoms with Crippen molar-refractivity contribution in [2.75, 3.05) is 102 Å². The van der Waals surface area contributed by atoms with E-state index in [4.69, 9.17) is 4.74 Å². The van der Waals surface area contributed by atoms with E-state index in [0.717, 1.165) is 83.5 Å². The van der Waals surface area contributed by atoms with Gasteiger partial charge in [0.15, 0.2) is 19.7 Å². The summed E-state index contributed by atoms with van der Waals surface area (Å²) in [5.41, 5.74) is 5.88. The summed E-state index contributed by atoms with van der Waals surface area (Å²) >= 11 is 0. The fraction of sp³-hybridized carbons (Fsp3) is 0.622. The monoisotopic (exact) mass is 820 g/mol. The maximum absolute atomic E-state index is 12.2. The van der Waals surface area contributed by atoms with Crippen LogP contribution in [-0.2, 0) is 29.8 Å². The Kier molecular flexibility index (Phi) is 12.6. The highest BCUT2D eigenvalue weighted by Gasteiger charge is 2.48. The molecule has 10 nitrogen and oxygen atoms in total. The fourth-order valence-electron chi connectivity index (χ4n) is 10.7. The van der Waals surface area contributed by atoms with Gasteiger partial charge in [-0.1, -0.05) is 81.0 Å². The van der Waals surface area contributed by atoms with Crippen LogP contribution in [0.15, 0.2) is 72.3 Å². The van der Waals surface area contributed by atoms with Gasteiger partial charge in [-0.3, -0.25) is 9.80 Å². The Balaban J connectivity index is 1.05. The molecule has 0 radical (unpaired) electrons. The lowest BCUT2D eigenvalue weighted by Gasteiger charge is -2.53. The van der Waals surface area contributed by atoms with E-state index in [1.165, 1.54) is 23.8 Å². The van der Waals surface area contributed by atoms with Crippen LogP contribution < -0.4 is 0 Å². The molecular formula is C45H64N4O6S2. The second-order valence-electron chi connectivity index (χ2n) is 18.3. The zero-order valence-electron chi connectivity index (χ0n) is 34.6. The number of nitrogens with zero attached hydrogens (tertiary/aromatic N) is 4. The molecule has 3 heterocycles. The number of rotatable bonds is 12. The van der Waals surface area contributed by atoms with Gasteiger partial charge in [-0.05, 0) is 60.9 Å². The van der Waals surface area contributed by atoms with Crippen LogP contribution >= 0.6 is 0 Å². The van der Waals surface area contributed by atoms with Gasteiger partial charge in [-0.25, -0.2) is 21.6 Å². The summed E-state index contributed by atoms with van der Waals surface area (Å²) in [6.45, 7) is 15.9. The van der Waals surface area contributed by atoms with E-state index in [2.05, 4.69) is 95.0 Å². The normalized spacial score (nSPS) is 29.2. The molecule has 0 unspecified atom stereocenters. The van der Waals surface area contributed by atoms with Gasteiger partial charge in [0.25, 0.3) is 0 Å². The number of hydrogen-bond acceptors (Lipinski definition) is 10. The molecule has 0 spiro atoms. The lowest BCUT2D eigenvalue weighted by Crippen LogP contribution is -2.54. The number of allylic oxidation sites excluding steroid dienone is 2. The third kappa shape index (κ3) is 9.62. The molecule has 0 amide bonds. The summed E-state index contributed by atoms with van der Waals surface area (Å²) in [6, 6.07) is 19.4. The fourth-order valence-corrected chi connectivity index (χ4v) is 13.2. The van der Waals surface area contributed by atoms with Gasteiger partial charge >= 0.3 is 5.97 Å². The molecule has 3 aliphatic heterocycles. The first kappa shape index (κ1) is 42.3. The van der Waals surface area contributed by atoms with E-state index in [9.17, 15) is 21.6 Å². The Morgan fingerprint density at radius 3 is 1.89 bits per heavy atom. The van der Waals surface area contributed by atoms with Gasteiger partial charge < -0.3 is 14.5 Å². The van der Waals surface area contributed by atoms with Crippen molar-refractivity contribution in [3.63, 3.8) is 0 Å². The van der Waals surface area contributed by atoms with E-state index in [-0.39, 0.29) is 45.2 Å². The molecule has 312 valence electrons. The van der Waals surface area contributed by atoms with Crippen LogP contribution in [0.25, 0.3) is 5.57 Å².